The minimum atomic E-state index is 0.165. The van der Waals surface area contributed by atoms with Crippen molar-refractivity contribution in [2.24, 2.45) is 0 Å². The van der Waals surface area contributed by atoms with Crippen LogP contribution in [0.4, 0.5) is 0 Å². The Morgan fingerprint density at radius 1 is 0.324 bits per heavy atom. The van der Waals surface area contributed by atoms with E-state index in [1.54, 1.807) is 0 Å². The predicted molar refractivity (Wildman–Crippen MR) is 152 cm³/mol. The minimum Gasteiger partial charge on any atom is -0.208 e. The van der Waals surface area contributed by atoms with Crippen LogP contribution in [0.25, 0.3) is 56.2 Å². The lowest BCUT2D eigenvalue weighted by atomic mass is 9.96. The third-order valence-electron chi connectivity index (χ3n) is 6.26. The first-order chi connectivity index (χ1) is 18.2. The average Bonchev–Trinajstić information content (AvgIpc) is 2.98. The lowest BCUT2D eigenvalue weighted by Crippen LogP contribution is -1.98. The second-order valence-electron chi connectivity index (χ2n) is 8.73. The van der Waals surface area contributed by atoms with E-state index in [9.17, 15) is 0 Å². The molecule has 0 aliphatic heterocycles. The molecule has 0 bridgehead atoms. The predicted octanol–water partition coefficient (Wildman–Crippen LogP) is 8.86. The van der Waals surface area contributed by atoms with Crippen molar-refractivity contribution < 1.29 is 0 Å². The number of hydrogen-bond acceptors (Lipinski definition) is 3. The van der Waals surface area contributed by atoms with Crippen molar-refractivity contribution in [1.82, 2.24) is 15.0 Å². The third-order valence-corrected chi connectivity index (χ3v) is 6.43. The standard InChI is InChI=1S/C33H22ClN3/c34-33-36-31(27-18-16-26(17-19-27)23-10-4-1-5-11-23)35-32(37-33)30-21-28(24-12-6-2-7-13-24)20-29(22-30)25-14-8-3-9-15-25/h1-22H. The summed E-state index contributed by atoms with van der Waals surface area (Å²) in [7, 11) is 0. The van der Waals surface area contributed by atoms with E-state index in [2.05, 4.69) is 76.7 Å². The fourth-order valence-corrected chi connectivity index (χ4v) is 4.56. The van der Waals surface area contributed by atoms with Gasteiger partial charge in [0.25, 0.3) is 0 Å². The lowest BCUT2D eigenvalue weighted by molar-refractivity contribution is 1.07. The zero-order valence-electron chi connectivity index (χ0n) is 19.9. The Kier molecular flexibility index (Phi) is 6.28. The first kappa shape index (κ1) is 22.8. The molecule has 6 rings (SSSR count). The van der Waals surface area contributed by atoms with Gasteiger partial charge in [-0.2, -0.15) is 9.97 Å². The quantitative estimate of drug-likeness (QED) is 0.240. The summed E-state index contributed by atoms with van der Waals surface area (Å²) in [5, 5.41) is 0.165. The van der Waals surface area contributed by atoms with Gasteiger partial charge in [-0.15, -0.1) is 0 Å². The van der Waals surface area contributed by atoms with Crippen molar-refractivity contribution in [3.63, 3.8) is 0 Å². The molecule has 5 aromatic carbocycles. The van der Waals surface area contributed by atoms with Gasteiger partial charge in [0.1, 0.15) is 0 Å². The van der Waals surface area contributed by atoms with Gasteiger partial charge in [0.2, 0.25) is 5.28 Å². The molecule has 176 valence electrons. The van der Waals surface area contributed by atoms with Crippen LogP contribution in [0.5, 0.6) is 0 Å². The molecule has 3 nitrogen and oxygen atoms in total. The molecule has 1 heterocycles. The van der Waals surface area contributed by atoms with E-state index in [-0.39, 0.29) is 5.28 Å². The number of rotatable bonds is 5. The SMILES string of the molecule is Clc1nc(-c2ccc(-c3ccccc3)cc2)nc(-c2cc(-c3ccccc3)cc(-c3ccccc3)c2)n1. The van der Waals surface area contributed by atoms with Gasteiger partial charge in [-0.25, -0.2) is 4.98 Å². The van der Waals surface area contributed by atoms with Crippen molar-refractivity contribution in [2.45, 2.75) is 0 Å². The van der Waals surface area contributed by atoms with E-state index in [1.165, 1.54) is 0 Å². The maximum Gasteiger partial charge on any atom is 0.226 e. The van der Waals surface area contributed by atoms with Crippen molar-refractivity contribution in [3.05, 3.63) is 139 Å². The zero-order chi connectivity index (χ0) is 25.0. The van der Waals surface area contributed by atoms with Gasteiger partial charge in [0.15, 0.2) is 11.6 Å². The van der Waals surface area contributed by atoms with Crippen LogP contribution in [0.2, 0.25) is 5.28 Å². The van der Waals surface area contributed by atoms with Gasteiger partial charge in [-0.05, 0) is 63.2 Å². The van der Waals surface area contributed by atoms with Gasteiger partial charge in [-0.3, -0.25) is 0 Å². The summed E-state index contributed by atoms with van der Waals surface area (Å²) < 4.78 is 0. The number of hydrogen-bond donors (Lipinski definition) is 0. The summed E-state index contributed by atoms with van der Waals surface area (Å²) in [5.41, 5.74) is 8.48. The van der Waals surface area contributed by atoms with Gasteiger partial charge < -0.3 is 0 Å². The molecule has 0 saturated heterocycles. The Hall–Kier alpha value is -4.60. The monoisotopic (exact) mass is 495 g/mol. The molecule has 0 atom stereocenters. The molecule has 0 saturated carbocycles. The fourth-order valence-electron chi connectivity index (χ4n) is 4.40. The summed E-state index contributed by atoms with van der Waals surface area (Å²) in [5.74, 6) is 1.08. The molecule has 0 radical (unpaired) electrons. The Bertz CT molecular complexity index is 1590. The fraction of sp³-hybridized carbons (Fsp3) is 0. The largest absolute Gasteiger partial charge is 0.226 e. The van der Waals surface area contributed by atoms with Crippen LogP contribution in [0.3, 0.4) is 0 Å². The van der Waals surface area contributed by atoms with Gasteiger partial charge >= 0.3 is 0 Å². The van der Waals surface area contributed by atoms with Gasteiger partial charge in [0, 0.05) is 11.1 Å². The van der Waals surface area contributed by atoms with Crippen LogP contribution < -0.4 is 0 Å². The first-order valence-corrected chi connectivity index (χ1v) is 12.4. The highest BCUT2D eigenvalue weighted by Crippen LogP contribution is 2.33. The average molecular weight is 496 g/mol. The highest BCUT2D eigenvalue weighted by atomic mass is 35.5. The maximum atomic E-state index is 6.43. The second kappa shape index (κ2) is 10.2. The molecule has 1 aromatic heterocycles. The zero-order valence-corrected chi connectivity index (χ0v) is 20.7. The normalized spacial score (nSPS) is 10.8. The van der Waals surface area contributed by atoms with Gasteiger partial charge in [0.05, 0.1) is 0 Å². The van der Waals surface area contributed by atoms with Crippen LogP contribution in [-0.2, 0) is 0 Å². The van der Waals surface area contributed by atoms with Crippen LogP contribution in [0.15, 0.2) is 133 Å². The van der Waals surface area contributed by atoms with Gasteiger partial charge in [-0.1, -0.05) is 115 Å². The molecule has 37 heavy (non-hydrogen) atoms. The number of halogens is 1. The summed E-state index contributed by atoms with van der Waals surface area (Å²) >= 11 is 6.43. The van der Waals surface area contributed by atoms with Crippen molar-refractivity contribution in [3.8, 4) is 56.2 Å². The summed E-state index contributed by atoms with van der Waals surface area (Å²) in [6.45, 7) is 0. The Morgan fingerprint density at radius 2 is 0.676 bits per heavy atom. The molecule has 0 aliphatic rings. The summed E-state index contributed by atoms with van der Waals surface area (Å²) in [4.78, 5) is 13.8. The minimum absolute atomic E-state index is 0.165. The van der Waals surface area contributed by atoms with Crippen LogP contribution >= 0.6 is 11.6 Å². The van der Waals surface area contributed by atoms with Crippen molar-refractivity contribution >= 4 is 11.6 Å². The number of nitrogens with zero attached hydrogens (tertiary/aromatic N) is 3. The molecule has 4 heteroatoms. The molecular weight excluding hydrogens is 474 g/mol. The number of benzene rings is 5. The molecule has 0 fully saturated rings. The third kappa shape index (κ3) is 5.04. The maximum absolute atomic E-state index is 6.43. The summed E-state index contributed by atoms with van der Waals surface area (Å²) in [6.07, 6.45) is 0. The number of aromatic nitrogens is 3. The van der Waals surface area contributed by atoms with Crippen LogP contribution in [-0.4, -0.2) is 15.0 Å². The molecule has 0 unspecified atom stereocenters. The second-order valence-corrected chi connectivity index (χ2v) is 9.06. The molecular formula is C33H22ClN3. The van der Waals surface area contributed by atoms with E-state index in [4.69, 9.17) is 16.6 Å². The summed E-state index contributed by atoms with van der Waals surface area (Å²) in [6, 6.07) is 45.5. The van der Waals surface area contributed by atoms with Crippen molar-refractivity contribution in [2.75, 3.05) is 0 Å². The Balaban J connectivity index is 1.44. The van der Waals surface area contributed by atoms with E-state index >= 15 is 0 Å². The van der Waals surface area contributed by atoms with Crippen LogP contribution in [0.1, 0.15) is 0 Å². The van der Waals surface area contributed by atoms with E-state index in [0.717, 1.165) is 44.5 Å². The highest BCUT2D eigenvalue weighted by molar-refractivity contribution is 6.28. The Morgan fingerprint density at radius 3 is 1.16 bits per heavy atom. The van der Waals surface area contributed by atoms with E-state index < -0.39 is 0 Å². The molecule has 0 spiro atoms. The first-order valence-electron chi connectivity index (χ1n) is 12.1. The smallest absolute Gasteiger partial charge is 0.208 e. The van der Waals surface area contributed by atoms with Crippen LogP contribution in [0, 0.1) is 0 Å². The molecule has 0 aliphatic carbocycles. The molecule has 6 aromatic rings. The van der Waals surface area contributed by atoms with Crippen molar-refractivity contribution in [1.29, 1.82) is 0 Å². The highest BCUT2D eigenvalue weighted by Gasteiger charge is 2.13. The molecule has 0 N–H and O–H groups in total. The lowest BCUT2D eigenvalue weighted by Gasteiger charge is -2.11. The Labute approximate surface area is 221 Å². The molecule has 0 amide bonds. The van der Waals surface area contributed by atoms with E-state index in [0.29, 0.717) is 11.6 Å². The van der Waals surface area contributed by atoms with E-state index in [1.807, 2.05) is 66.7 Å². The topological polar surface area (TPSA) is 38.7 Å².